The number of rotatable bonds is 0. The second-order valence-corrected chi connectivity index (χ2v) is 8.89. The molecule has 0 unspecified atom stereocenters. The molecule has 176 valence electrons. The molecule has 4 rings (SSSR count). The van der Waals surface area contributed by atoms with Gasteiger partial charge in [-0.1, -0.05) is 36.1 Å². The predicted molar refractivity (Wildman–Crippen MR) is 131 cm³/mol. The number of hydrogen-bond acceptors (Lipinski definition) is 2. The van der Waals surface area contributed by atoms with Crippen LogP contribution in [-0.2, 0) is 9.47 Å². The van der Waals surface area contributed by atoms with Gasteiger partial charge in [0.25, 0.3) is 0 Å². The SMILES string of the molecule is C1CCOC1.C1CCOC1.C[C]1C(C)=C(C)C(C)=C1C.C[C]1C(C)=C(C)C(C)=C1C.[Sm]. The van der Waals surface area contributed by atoms with E-state index >= 15 is 0 Å². The molecule has 31 heavy (non-hydrogen) atoms. The molecule has 2 fully saturated rings. The maximum atomic E-state index is 4.94. The van der Waals surface area contributed by atoms with Gasteiger partial charge in [0.05, 0.1) is 0 Å². The van der Waals surface area contributed by atoms with Gasteiger partial charge in [-0.2, -0.15) is 0 Å². The Morgan fingerprint density at radius 1 is 0.355 bits per heavy atom. The van der Waals surface area contributed by atoms with Crippen molar-refractivity contribution >= 4 is 0 Å². The summed E-state index contributed by atoms with van der Waals surface area (Å²) in [5.74, 6) is 2.94. The summed E-state index contributed by atoms with van der Waals surface area (Å²) in [5, 5.41) is 0. The van der Waals surface area contributed by atoms with Gasteiger partial charge < -0.3 is 9.47 Å². The standard InChI is InChI=1S/2C10H15.2C4H8O.Sm/c2*1-6-7(2)9(4)10(5)8(6)3;2*1-2-4-5-3-1;/h2*1-5H3;2*1-4H2;. The molecule has 0 saturated carbocycles. The normalized spacial score (nSPS) is 21.5. The summed E-state index contributed by atoms with van der Waals surface area (Å²) >= 11 is 0. The first-order chi connectivity index (χ1) is 14.1. The third kappa shape index (κ3) is 9.54. The van der Waals surface area contributed by atoms with E-state index < -0.39 is 0 Å². The van der Waals surface area contributed by atoms with Crippen molar-refractivity contribution in [2.75, 3.05) is 26.4 Å². The molecule has 2 nitrogen and oxygen atoms in total. The summed E-state index contributed by atoms with van der Waals surface area (Å²) in [6, 6.07) is 0. The van der Waals surface area contributed by atoms with Crippen molar-refractivity contribution in [3.63, 3.8) is 0 Å². The van der Waals surface area contributed by atoms with Crippen LogP contribution in [0.3, 0.4) is 0 Å². The van der Waals surface area contributed by atoms with E-state index in [2.05, 4.69) is 69.2 Å². The van der Waals surface area contributed by atoms with Crippen molar-refractivity contribution in [1.82, 2.24) is 0 Å². The number of ether oxygens (including phenoxy) is 2. The molecule has 0 bridgehead atoms. The Morgan fingerprint density at radius 3 is 0.613 bits per heavy atom. The van der Waals surface area contributed by atoms with E-state index in [9.17, 15) is 0 Å². The van der Waals surface area contributed by atoms with Gasteiger partial charge in [-0.3, -0.25) is 0 Å². The molecule has 4 aliphatic rings. The summed E-state index contributed by atoms with van der Waals surface area (Å²) < 4.78 is 9.89. The van der Waals surface area contributed by atoms with Gasteiger partial charge in [-0.15, -0.1) is 0 Å². The van der Waals surface area contributed by atoms with Gasteiger partial charge in [-0.25, -0.2) is 0 Å². The van der Waals surface area contributed by atoms with Crippen LogP contribution in [0.4, 0.5) is 0 Å². The van der Waals surface area contributed by atoms with Crippen LogP contribution < -0.4 is 0 Å². The second kappa shape index (κ2) is 15.9. The van der Waals surface area contributed by atoms with Crippen LogP contribution in [0, 0.1) is 52.2 Å². The molecule has 0 aromatic heterocycles. The maximum Gasteiger partial charge on any atom is 0.0466 e. The topological polar surface area (TPSA) is 18.5 Å². The van der Waals surface area contributed by atoms with E-state index in [4.69, 9.17) is 9.47 Å². The van der Waals surface area contributed by atoms with Crippen LogP contribution in [0.25, 0.3) is 0 Å². The van der Waals surface area contributed by atoms with Gasteiger partial charge in [0.1, 0.15) is 0 Å². The quantitative estimate of drug-likeness (QED) is 0.296. The molecule has 2 aliphatic heterocycles. The second-order valence-electron chi connectivity index (χ2n) is 8.89. The third-order valence-corrected chi connectivity index (χ3v) is 7.28. The van der Waals surface area contributed by atoms with E-state index in [1.165, 1.54) is 82.1 Å². The summed E-state index contributed by atoms with van der Waals surface area (Å²) in [5.41, 5.74) is 11.7. The van der Waals surface area contributed by atoms with E-state index in [0.29, 0.717) is 0 Å². The van der Waals surface area contributed by atoms with Crippen LogP contribution in [0.2, 0.25) is 0 Å². The zero-order valence-electron chi connectivity index (χ0n) is 21.9. The molecule has 0 aromatic carbocycles. The summed E-state index contributed by atoms with van der Waals surface area (Å²) in [4.78, 5) is 0. The molecule has 3 heteroatoms. The Balaban J connectivity index is 0.000000401. The van der Waals surface area contributed by atoms with Gasteiger partial charge in [-0.05, 0) is 103 Å². The van der Waals surface area contributed by atoms with Crippen molar-refractivity contribution in [3.05, 3.63) is 56.4 Å². The van der Waals surface area contributed by atoms with Crippen molar-refractivity contribution in [2.45, 2.75) is 94.9 Å². The average Bonchev–Trinajstić information content (AvgIpc) is 3.56. The largest absolute Gasteiger partial charge is 0.381 e. The van der Waals surface area contributed by atoms with Crippen molar-refractivity contribution < 1.29 is 49.9 Å². The summed E-state index contributed by atoms with van der Waals surface area (Å²) in [7, 11) is 0. The first-order valence-electron chi connectivity index (χ1n) is 11.7. The van der Waals surface area contributed by atoms with Crippen molar-refractivity contribution in [1.29, 1.82) is 0 Å². The molecule has 0 aromatic rings. The van der Waals surface area contributed by atoms with Gasteiger partial charge >= 0.3 is 0 Å². The number of hydrogen-bond donors (Lipinski definition) is 0. The first kappa shape index (κ1) is 31.2. The predicted octanol–water partition coefficient (Wildman–Crippen LogP) is 8.13. The van der Waals surface area contributed by atoms with E-state index in [1.54, 1.807) is 0 Å². The summed E-state index contributed by atoms with van der Waals surface area (Å²) in [6.07, 6.45) is 5.11. The number of allylic oxidation sites excluding steroid dienone is 8. The van der Waals surface area contributed by atoms with Gasteiger partial charge in [0.2, 0.25) is 0 Å². The molecule has 2 radical (unpaired) electrons. The van der Waals surface area contributed by atoms with E-state index in [0.717, 1.165) is 26.4 Å². The Hall–Kier alpha value is 0.218. The minimum Gasteiger partial charge on any atom is -0.381 e. The van der Waals surface area contributed by atoms with Crippen molar-refractivity contribution in [3.8, 4) is 0 Å². The maximum absolute atomic E-state index is 4.94. The van der Waals surface area contributed by atoms with Gasteiger partial charge in [0.15, 0.2) is 0 Å². The third-order valence-electron chi connectivity index (χ3n) is 7.28. The van der Waals surface area contributed by atoms with Gasteiger partial charge in [0, 0.05) is 78.7 Å². The minimum atomic E-state index is 0. The fourth-order valence-corrected chi connectivity index (χ4v) is 3.83. The van der Waals surface area contributed by atoms with Crippen LogP contribution in [0.15, 0.2) is 44.6 Å². The zero-order valence-corrected chi connectivity index (χ0v) is 24.5. The fraction of sp³-hybridized carbons (Fsp3) is 0.643. The monoisotopic (exact) mass is 566 g/mol. The molecule has 0 atom stereocenters. The molecule has 0 N–H and O–H groups in total. The van der Waals surface area contributed by atoms with Crippen LogP contribution >= 0.6 is 0 Å². The van der Waals surface area contributed by atoms with E-state index in [-0.39, 0.29) is 40.4 Å². The molecule has 2 aliphatic carbocycles. The molecule has 0 amide bonds. The Bertz CT molecular complexity index is 563. The molecule has 0 spiro atoms. The van der Waals surface area contributed by atoms with Crippen LogP contribution in [0.5, 0.6) is 0 Å². The van der Waals surface area contributed by atoms with E-state index in [1.807, 2.05) is 0 Å². The van der Waals surface area contributed by atoms with Crippen molar-refractivity contribution in [2.24, 2.45) is 0 Å². The van der Waals surface area contributed by atoms with Crippen LogP contribution in [-0.4, -0.2) is 26.4 Å². The molecular formula is C28H46O2Sm. The Labute approximate surface area is 226 Å². The molecular weight excluding hydrogens is 519 g/mol. The smallest absolute Gasteiger partial charge is 0.0466 e. The first-order valence-corrected chi connectivity index (χ1v) is 11.7. The Kier molecular flexibility index (Phi) is 16.1. The Morgan fingerprint density at radius 2 is 0.548 bits per heavy atom. The molecule has 2 saturated heterocycles. The summed E-state index contributed by atoms with van der Waals surface area (Å²) in [6.45, 7) is 26.0. The molecule has 2 heterocycles. The van der Waals surface area contributed by atoms with Crippen LogP contribution in [0.1, 0.15) is 94.9 Å². The average molecular weight is 565 g/mol. The minimum absolute atomic E-state index is 0. The zero-order chi connectivity index (χ0) is 22.8. The fourth-order valence-electron chi connectivity index (χ4n) is 3.83.